The van der Waals surface area contributed by atoms with Gasteiger partial charge in [-0.05, 0) is 5.56 Å². The maximum Gasteiger partial charge on any atom is 0.152 e. The molecule has 1 aliphatic heterocycles. The largest absolute Gasteiger partial charge is 0.317 e. The molecule has 0 saturated carbocycles. The van der Waals surface area contributed by atoms with Gasteiger partial charge >= 0.3 is 0 Å². The summed E-state index contributed by atoms with van der Waals surface area (Å²) in [6, 6.07) is 8.31. The monoisotopic (exact) mass is 262 g/mol. The molecule has 2 aromatic rings. The number of benzene rings is 2. The van der Waals surface area contributed by atoms with Crippen LogP contribution >= 0.6 is 0 Å². The number of rotatable bonds is 1. The number of hydrogen-bond donors (Lipinski definition) is 1. The summed E-state index contributed by atoms with van der Waals surface area (Å²) in [7, 11) is 0. The molecule has 0 fully saturated rings. The predicted molar refractivity (Wildman–Crippen MR) is 65.8 cm³/mol. The van der Waals surface area contributed by atoms with Gasteiger partial charge in [-0.3, -0.25) is 5.41 Å². The second kappa shape index (κ2) is 4.12. The number of nitrogens with zero attached hydrogens (tertiary/aromatic N) is 1. The maximum atomic E-state index is 13.7. The summed E-state index contributed by atoms with van der Waals surface area (Å²) in [5, 5.41) is 7.97. The van der Waals surface area contributed by atoms with E-state index in [1.54, 1.807) is 24.3 Å². The van der Waals surface area contributed by atoms with Gasteiger partial charge in [-0.1, -0.05) is 24.3 Å². The van der Waals surface area contributed by atoms with Crippen LogP contribution in [0.4, 0.5) is 18.9 Å². The van der Waals surface area contributed by atoms with Gasteiger partial charge in [0.1, 0.15) is 17.3 Å². The highest BCUT2D eigenvalue weighted by Gasteiger charge is 2.29. The highest BCUT2D eigenvalue weighted by Crippen LogP contribution is 2.32. The predicted octanol–water partition coefficient (Wildman–Crippen LogP) is 3.45. The van der Waals surface area contributed by atoms with Gasteiger partial charge in [0, 0.05) is 17.7 Å². The topological polar surface area (TPSA) is 27.1 Å². The van der Waals surface area contributed by atoms with Crippen LogP contribution in [0.1, 0.15) is 11.1 Å². The first-order valence-corrected chi connectivity index (χ1v) is 5.67. The molecule has 0 atom stereocenters. The lowest BCUT2D eigenvalue weighted by Crippen LogP contribution is -2.25. The maximum absolute atomic E-state index is 13.7. The number of fused-ring (bicyclic) bond motifs is 1. The summed E-state index contributed by atoms with van der Waals surface area (Å²) in [6.45, 7) is 0.203. The molecule has 0 aliphatic carbocycles. The average molecular weight is 262 g/mol. The third kappa shape index (κ3) is 1.78. The lowest BCUT2D eigenvalue weighted by Gasteiger charge is -2.19. The molecule has 0 spiro atoms. The van der Waals surface area contributed by atoms with Gasteiger partial charge in [-0.2, -0.15) is 0 Å². The molecule has 0 unspecified atom stereocenters. The number of nitrogens with one attached hydrogen (secondary N) is 1. The third-order valence-electron chi connectivity index (χ3n) is 3.12. The van der Waals surface area contributed by atoms with Gasteiger partial charge in [0.2, 0.25) is 0 Å². The molecule has 0 saturated heterocycles. The van der Waals surface area contributed by atoms with Crippen LogP contribution in [-0.4, -0.2) is 5.84 Å². The van der Waals surface area contributed by atoms with E-state index in [1.807, 2.05) is 0 Å². The molecule has 0 bridgehead atoms. The van der Waals surface area contributed by atoms with E-state index in [-0.39, 0.29) is 18.1 Å². The molecule has 1 heterocycles. The highest BCUT2D eigenvalue weighted by molar-refractivity contribution is 6.11. The van der Waals surface area contributed by atoms with Crippen molar-refractivity contribution in [3.05, 3.63) is 65.0 Å². The van der Waals surface area contributed by atoms with Crippen LogP contribution in [0.15, 0.2) is 36.4 Å². The quantitative estimate of drug-likeness (QED) is 0.837. The standard InChI is InChI=1S/C14H9F3N2/c15-9-5-11(16)13(12(17)6-9)19-7-8-3-1-2-4-10(8)14(19)18/h1-6,18H,7H2. The van der Waals surface area contributed by atoms with Crippen LogP contribution in [0.5, 0.6) is 0 Å². The molecule has 0 amide bonds. The Morgan fingerprint density at radius 3 is 2.26 bits per heavy atom. The molecule has 5 heteroatoms. The zero-order valence-electron chi connectivity index (χ0n) is 9.75. The number of amidine groups is 1. The van der Waals surface area contributed by atoms with Crippen molar-refractivity contribution < 1.29 is 13.2 Å². The van der Waals surface area contributed by atoms with Gasteiger partial charge in [0.05, 0.1) is 6.54 Å². The molecule has 3 rings (SSSR count). The number of anilines is 1. The zero-order valence-corrected chi connectivity index (χ0v) is 9.75. The Hall–Kier alpha value is -2.30. The Kier molecular flexibility index (Phi) is 2.55. The second-order valence-electron chi connectivity index (χ2n) is 4.31. The fraction of sp³-hybridized carbons (Fsp3) is 0.0714. The van der Waals surface area contributed by atoms with Gasteiger partial charge in [0.25, 0.3) is 0 Å². The Morgan fingerprint density at radius 1 is 1.00 bits per heavy atom. The fourth-order valence-corrected chi connectivity index (χ4v) is 2.27. The van der Waals surface area contributed by atoms with Crippen molar-refractivity contribution >= 4 is 11.5 Å². The van der Waals surface area contributed by atoms with E-state index in [4.69, 9.17) is 5.41 Å². The fourth-order valence-electron chi connectivity index (χ4n) is 2.27. The average Bonchev–Trinajstić information content (AvgIpc) is 2.66. The normalized spacial score (nSPS) is 13.8. The van der Waals surface area contributed by atoms with Crippen LogP contribution in [0, 0.1) is 22.9 Å². The van der Waals surface area contributed by atoms with Crippen LogP contribution in [0.3, 0.4) is 0 Å². The van der Waals surface area contributed by atoms with E-state index in [0.29, 0.717) is 17.7 Å². The van der Waals surface area contributed by atoms with Gasteiger partial charge in [0.15, 0.2) is 11.6 Å². The van der Waals surface area contributed by atoms with E-state index in [0.717, 1.165) is 5.56 Å². The van der Waals surface area contributed by atoms with Crippen molar-refractivity contribution in [2.24, 2.45) is 0 Å². The number of hydrogen-bond acceptors (Lipinski definition) is 1. The SMILES string of the molecule is N=C1c2ccccc2CN1c1c(F)cc(F)cc1F. The minimum Gasteiger partial charge on any atom is -0.317 e. The number of halogens is 3. The summed E-state index contributed by atoms with van der Waals surface area (Å²) in [5.41, 5.74) is 1.06. The van der Waals surface area contributed by atoms with Crippen LogP contribution in [0.25, 0.3) is 0 Å². The molecule has 0 aromatic heterocycles. The first-order valence-electron chi connectivity index (χ1n) is 5.67. The minimum absolute atomic E-state index is 0.0139. The highest BCUT2D eigenvalue weighted by atomic mass is 19.1. The molecule has 19 heavy (non-hydrogen) atoms. The summed E-state index contributed by atoms with van der Waals surface area (Å²) in [6.07, 6.45) is 0. The van der Waals surface area contributed by atoms with Crippen molar-refractivity contribution in [1.29, 1.82) is 5.41 Å². The molecule has 1 N–H and O–H groups in total. The van der Waals surface area contributed by atoms with Crippen molar-refractivity contribution in [3.63, 3.8) is 0 Å². The molecule has 96 valence electrons. The smallest absolute Gasteiger partial charge is 0.152 e. The van der Waals surface area contributed by atoms with Crippen molar-refractivity contribution in [3.8, 4) is 0 Å². The molecule has 1 aliphatic rings. The van der Waals surface area contributed by atoms with Gasteiger partial charge < -0.3 is 4.90 Å². The van der Waals surface area contributed by atoms with Gasteiger partial charge in [-0.25, -0.2) is 13.2 Å². The summed E-state index contributed by atoms with van der Waals surface area (Å²) < 4.78 is 40.4. The van der Waals surface area contributed by atoms with Crippen LogP contribution in [0.2, 0.25) is 0 Å². The molecular weight excluding hydrogens is 253 g/mol. The first kappa shape index (κ1) is 11.8. The first-order chi connectivity index (χ1) is 9.08. The molecule has 2 nitrogen and oxygen atoms in total. The van der Waals surface area contributed by atoms with E-state index >= 15 is 0 Å². The van der Waals surface area contributed by atoms with Crippen molar-refractivity contribution in [2.45, 2.75) is 6.54 Å². The lowest BCUT2D eigenvalue weighted by atomic mass is 10.1. The van der Waals surface area contributed by atoms with E-state index < -0.39 is 17.5 Å². The Balaban J connectivity index is 2.10. The van der Waals surface area contributed by atoms with Crippen molar-refractivity contribution in [1.82, 2.24) is 0 Å². The van der Waals surface area contributed by atoms with E-state index in [1.165, 1.54) is 4.90 Å². The molecule has 2 aromatic carbocycles. The summed E-state index contributed by atoms with van der Waals surface area (Å²) in [5.74, 6) is -2.97. The summed E-state index contributed by atoms with van der Waals surface area (Å²) in [4.78, 5) is 1.20. The van der Waals surface area contributed by atoms with Crippen molar-refractivity contribution in [2.75, 3.05) is 4.90 Å². The van der Waals surface area contributed by atoms with E-state index in [2.05, 4.69) is 0 Å². The summed E-state index contributed by atoms with van der Waals surface area (Å²) >= 11 is 0. The van der Waals surface area contributed by atoms with Crippen LogP contribution < -0.4 is 4.90 Å². The Bertz CT molecular complexity index is 659. The Labute approximate surface area is 107 Å². The van der Waals surface area contributed by atoms with E-state index in [9.17, 15) is 13.2 Å². The Morgan fingerprint density at radius 2 is 1.63 bits per heavy atom. The zero-order chi connectivity index (χ0) is 13.6. The molecule has 0 radical (unpaired) electrons. The van der Waals surface area contributed by atoms with Gasteiger partial charge in [-0.15, -0.1) is 0 Å². The minimum atomic E-state index is -1.00. The lowest BCUT2D eigenvalue weighted by molar-refractivity contribution is 0.543. The van der Waals surface area contributed by atoms with Crippen LogP contribution in [-0.2, 0) is 6.54 Å². The molecular formula is C14H9F3N2. The second-order valence-corrected chi connectivity index (χ2v) is 4.31. The third-order valence-corrected chi connectivity index (χ3v) is 3.12.